The van der Waals surface area contributed by atoms with E-state index in [4.69, 9.17) is 0 Å². The smallest absolute Gasteiger partial charge is 0.340 e. The summed E-state index contributed by atoms with van der Waals surface area (Å²) in [5.41, 5.74) is 1.20. The molecule has 0 aliphatic carbocycles. The van der Waals surface area contributed by atoms with E-state index in [0.29, 0.717) is 0 Å². The van der Waals surface area contributed by atoms with Crippen molar-refractivity contribution in [3.63, 3.8) is 0 Å². The topological polar surface area (TPSA) is 55.7 Å². The molecule has 4 heteroatoms. The third-order valence-electron chi connectivity index (χ3n) is 1.66. The number of benzene rings is 1. The molecule has 4 nitrogen and oxygen atoms in total. The highest BCUT2D eigenvalue weighted by Gasteiger charge is 2.11. The normalized spacial score (nSPS) is 9.38. The summed E-state index contributed by atoms with van der Waals surface area (Å²) in [5.74, 6) is -0.543. The van der Waals surface area contributed by atoms with Crippen molar-refractivity contribution in [1.82, 2.24) is 0 Å². The van der Waals surface area contributed by atoms with Gasteiger partial charge in [0.05, 0.1) is 12.7 Å². The third kappa shape index (κ3) is 1.90. The zero-order valence-corrected chi connectivity index (χ0v) is 7.40. The molecule has 13 heavy (non-hydrogen) atoms. The Balaban J connectivity index is 3.23. The molecule has 0 aliphatic heterocycles. The van der Waals surface area contributed by atoms with Crippen molar-refractivity contribution in [2.75, 3.05) is 7.11 Å². The van der Waals surface area contributed by atoms with E-state index in [1.807, 2.05) is 6.92 Å². The van der Waals surface area contributed by atoms with Crippen molar-refractivity contribution < 1.29 is 9.53 Å². The molecule has 0 saturated heterocycles. The van der Waals surface area contributed by atoms with Gasteiger partial charge >= 0.3 is 5.97 Å². The molecule has 0 bridgehead atoms. The lowest BCUT2D eigenvalue weighted by molar-refractivity contribution is 0.0601. The van der Waals surface area contributed by atoms with Crippen LogP contribution in [-0.4, -0.2) is 13.1 Å². The number of carbonyl (C=O) groups excluding carboxylic acids is 1. The molecule has 1 aromatic rings. The van der Waals surface area contributed by atoms with E-state index in [0.717, 1.165) is 5.56 Å². The Bertz CT molecular complexity index is 347. The maximum absolute atomic E-state index is 11.1. The van der Waals surface area contributed by atoms with Crippen molar-refractivity contribution in [1.29, 1.82) is 0 Å². The monoisotopic (exact) mass is 179 g/mol. The van der Waals surface area contributed by atoms with Gasteiger partial charge in [0.25, 0.3) is 0 Å². The van der Waals surface area contributed by atoms with E-state index in [2.05, 4.69) is 9.91 Å². The Morgan fingerprint density at radius 3 is 2.69 bits per heavy atom. The van der Waals surface area contributed by atoms with Gasteiger partial charge in [0.1, 0.15) is 5.69 Å². The third-order valence-corrected chi connectivity index (χ3v) is 1.66. The number of hydrogen-bond acceptors (Lipinski definition) is 4. The van der Waals surface area contributed by atoms with Crippen LogP contribution in [0.4, 0.5) is 5.69 Å². The van der Waals surface area contributed by atoms with Crippen molar-refractivity contribution in [2.45, 2.75) is 6.92 Å². The number of hydrogen-bond donors (Lipinski definition) is 0. The van der Waals surface area contributed by atoms with Crippen molar-refractivity contribution in [3.8, 4) is 0 Å². The number of ether oxygens (including phenoxy) is 1. The highest BCUT2D eigenvalue weighted by molar-refractivity contribution is 5.94. The van der Waals surface area contributed by atoms with E-state index in [9.17, 15) is 9.70 Å². The molecule has 0 amide bonds. The summed E-state index contributed by atoms with van der Waals surface area (Å²) in [5, 5.41) is 2.73. The van der Waals surface area contributed by atoms with E-state index in [1.165, 1.54) is 13.2 Å². The molecular weight excluding hydrogens is 170 g/mol. The largest absolute Gasteiger partial charge is 0.465 e. The molecule has 1 aromatic carbocycles. The van der Waals surface area contributed by atoms with Gasteiger partial charge in [0.2, 0.25) is 0 Å². The Morgan fingerprint density at radius 1 is 1.46 bits per heavy atom. The maximum Gasteiger partial charge on any atom is 0.340 e. The molecule has 0 saturated carbocycles. The van der Waals surface area contributed by atoms with Gasteiger partial charge in [-0.3, -0.25) is 0 Å². The van der Waals surface area contributed by atoms with Gasteiger partial charge < -0.3 is 4.74 Å². The van der Waals surface area contributed by atoms with Crippen LogP contribution in [0.25, 0.3) is 0 Å². The van der Waals surface area contributed by atoms with Crippen LogP contribution >= 0.6 is 0 Å². The van der Waals surface area contributed by atoms with E-state index < -0.39 is 5.97 Å². The quantitative estimate of drug-likeness (QED) is 0.516. The molecule has 1 rings (SSSR count). The van der Waals surface area contributed by atoms with Gasteiger partial charge in [-0.1, -0.05) is 11.6 Å². The molecule has 0 aromatic heterocycles. The van der Waals surface area contributed by atoms with Gasteiger partial charge in [-0.2, -0.15) is 0 Å². The highest BCUT2D eigenvalue weighted by atomic mass is 16.5. The standard InChI is InChI=1S/C9H9NO3/c1-6-3-4-8(10-12)7(5-6)9(11)13-2/h3-5H,1-2H3. The molecule has 68 valence electrons. The Morgan fingerprint density at radius 2 is 2.15 bits per heavy atom. The molecule has 0 aliphatic rings. The first kappa shape index (κ1) is 9.38. The first-order valence-electron chi connectivity index (χ1n) is 3.71. The van der Waals surface area contributed by atoms with Gasteiger partial charge in [-0.15, -0.1) is 4.91 Å². The van der Waals surface area contributed by atoms with Crippen LogP contribution in [0.1, 0.15) is 15.9 Å². The second kappa shape index (κ2) is 3.80. The number of aryl methyl sites for hydroxylation is 1. The molecule has 0 spiro atoms. The first-order chi connectivity index (χ1) is 6.19. The van der Waals surface area contributed by atoms with E-state index in [-0.39, 0.29) is 11.3 Å². The fourth-order valence-corrected chi connectivity index (χ4v) is 1.00. The molecule has 0 fully saturated rings. The number of nitrogens with zero attached hydrogens (tertiary/aromatic N) is 1. The molecule has 0 unspecified atom stereocenters. The maximum atomic E-state index is 11.1. The average Bonchev–Trinajstić information content (AvgIpc) is 2.16. The predicted molar refractivity (Wildman–Crippen MR) is 48.0 cm³/mol. The van der Waals surface area contributed by atoms with Crippen LogP contribution in [-0.2, 0) is 4.74 Å². The van der Waals surface area contributed by atoms with Gasteiger partial charge in [-0.25, -0.2) is 4.79 Å². The Hall–Kier alpha value is -1.71. The number of carbonyl (C=O) groups is 1. The van der Waals surface area contributed by atoms with Gasteiger partial charge in [0, 0.05) is 0 Å². The van der Waals surface area contributed by atoms with Crippen LogP contribution in [0.2, 0.25) is 0 Å². The van der Waals surface area contributed by atoms with Gasteiger partial charge in [-0.05, 0) is 24.2 Å². The summed E-state index contributed by atoms with van der Waals surface area (Å²) in [6.07, 6.45) is 0. The van der Waals surface area contributed by atoms with Crippen LogP contribution in [0.15, 0.2) is 23.4 Å². The Kier molecular flexibility index (Phi) is 2.74. The lowest BCUT2D eigenvalue weighted by Crippen LogP contribution is -2.01. The van der Waals surface area contributed by atoms with E-state index >= 15 is 0 Å². The van der Waals surface area contributed by atoms with Gasteiger partial charge in [0.15, 0.2) is 0 Å². The van der Waals surface area contributed by atoms with Crippen molar-refractivity contribution in [2.24, 2.45) is 5.18 Å². The van der Waals surface area contributed by atoms with Crippen LogP contribution in [0, 0.1) is 11.8 Å². The van der Waals surface area contributed by atoms with Crippen LogP contribution in [0.5, 0.6) is 0 Å². The zero-order valence-electron chi connectivity index (χ0n) is 7.40. The lowest BCUT2D eigenvalue weighted by Gasteiger charge is -2.01. The summed E-state index contributed by atoms with van der Waals surface area (Å²) >= 11 is 0. The Labute approximate surface area is 75.5 Å². The summed E-state index contributed by atoms with van der Waals surface area (Å²) in [4.78, 5) is 21.4. The van der Waals surface area contributed by atoms with Crippen LogP contribution in [0.3, 0.4) is 0 Å². The minimum atomic E-state index is -0.543. The molecular formula is C9H9NO3. The first-order valence-corrected chi connectivity index (χ1v) is 3.71. The number of rotatable bonds is 2. The second-order valence-electron chi connectivity index (χ2n) is 2.60. The minimum Gasteiger partial charge on any atom is -0.465 e. The average molecular weight is 179 g/mol. The fraction of sp³-hybridized carbons (Fsp3) is 0.222. The summed E-state index contributed by atoms with van der Waals surface area (Å²) in [6, 6.07) is 4.78. The molecule has 0 N–H and O–H groups in total. The number of nitroso groups, excluding NO2 is 1. The summed E-state index contributed by atoms with van der Waals surface area (Å²) in [6.45, 7) is 1.82. The SMILES string of the molecule is COC(=O)c1cc(C)ccc1N=O. The van der Waals surface area contributed by atoms with Crippen molar-refractivity contribution in [3.05, 3.63) is 34.2 Å². The van der Waals surface area contributed by atoms with Crippen LogP contribution < -0.4 is 0 Å². The van der Waals surface area contributed by atoms with E-state index in [1.54, 1.807) is 12.1 Å². The predicted octanol–water partition coefficient (Wildman–Crippen LogP) is 2.18. The highest BCUT2D eigenvalue weighted by Crippen LogP contribution is 2.20. The molecule has 0 atom stereocenters. The molecule has 0 heterocycles. The number of esters is 1. The lowest BCUT2D eigenvalue weighted by atomic mass is 10.1. The van der Waals surface area contributed by atoms with Crippen molar-refractivity contribution >= 4 is 11.7 Å². The fourth-order valence-electron chi connectivity index (χ4n) is 1.00. The minimum absolute atomic E-state index is 0.109. The summed E-state index contributed by atoms with van der Waals surface area (Å²) in [7, 11) is 1.26. The zero-order chi connectivity index (χ0) is 9.84. The second-order valence-corrected chi connectivity index (χ2v) is 2.60. The summed E-state index contributed by atoms with van der Waals surface area (Å²) < 4.78 is 4.50. The molecule has 0 radical (unpaired) electrons. The number of methoxy groups -OCH3 is 1.